The topological polar surface area (TPSA) is 58.4 Å². The number of hydrogen-bond acceptors (Lipinski definition) is 4. The molecule has 2 heterocycles. The second kappa shape index (κ2) is 8.39. The van der Waals surface area contributed by atoms with Gasteiger partial charge in [0, 0.05) is 30.1 Å². The van der Waals surface area contributed by atoms with E-state index < -0.39 is 0 Å². The number of rotatable bonds is 6. The van der Waals surface area contributed by atoms with Crippen molar-refractivity contribution in [1.82, 2.24) is 30.3 Å². The second-order valence-corrected chi connectivity index (χ2v) is 8.02. The van der Waals surface area contributed by atoms with Crippen molar-refractivity contribution in [3.05, 3.63) is 35.4 Å². The predicted molar refractivity (Wildman–Crippen MR) is 116 cm³/mol. The van der Waals surface area contributed by atoms with Crippen LogP contribution in [0.4, 0.5) is 0 Å². The maximum Gasteiger partial charge on any atom is 0.184 e. The predicted octanol–water partition coefficient (Wildman–Crippen LogP) is 3.87. The molecule has 1 aliphatic carbocycles. The van der Waals surface area contributed by atoms with Crippen molar-refractivity contribution in [2.75, 3.05) is 6.54 Å². The van der Waals surface area contributed by atoms with Crippen LogP contribution in [0.1, 0.15) is 57.1 Å². The number of aryl methyl sites for hydroxylation is 1. The first kappa shape index (κ1) is 19.1. The Kier molecular flexibility index (Phi) is 5.71. The zero-order valence-electron chi connectivity index (χ0n) is 16.7. The third-order valence-electron chi connectivity index (χ3n) is 5.71. The molecule has 0 saturated heterocycles. The van der Waals surface area contributed by atoms with Crippen LogP contribution < -0.4 is 5.32 Å². The minimum Gasteiger partial charge on any atom is -0.363 e. The molecule has 148 valence electrons. The Balaban J connectivity index is 1.74. The summed E-state index contributed by atoms with van der Waals surface area (Å²) in [6, 6.07) is 9.24. The summed E-state index contributed by atoms with van der Waals surface area (Å²) in [5, 5.41) is 18.0. The van der Waals surface area contributed by atoms with E-state index in [-0.39, 0.29) is 0 Å². The van der Waals surface area contributed by atoms with Crippen LogP contribution in [-0.2, 0) is 13.0 Å². The van der Waals surface area contributed by atoms with E-state index in [4.69, 9.17) is 12.2 Å². The Morgan fingerprint density at radius 3 is 2.82 bits per heavy atom. The molecule has 4 rings (SSSR count). The number of benzene rings is 1. The Labute approximate surface area is 171 Å². The Bertz CT molecular complexity index is 976. The fraction of sp³-hybridized carbons (Fsp3) is 0.524. The van der Waals surface area contributed by atoms with Crippen LogP contribution in [0.3, 0.4) is 0 Å². The molecular formula is C21H28N6S. The lowest BCUT2D eigenvalue weighted by Crippen LogP contribution is -2.44. The van der Waals surface area contributed by atoms with Gasteiger partial charge in [-0.25, -0.2) is 0 Å². The third kappa shape index (κ3) is 3.68. The fourth-order valence-electron chi connectivity index (χ4n) is 4.15. The Hall–Kier alpha value is -2.28. The molecule has 6 nitrogen and oxygen atoms in total. The average Bonchev–Trinajstić information content (AvgIpc) is 3.41. The maximum absolute atomic E-state index is 5.77. The lowest BCUT2D eigenvalue weighted by atomic mass is 10.1. The number of pyridine rings is 1. The molecule has 28 heavy (non-hydrogen) atoms. The van der Waals surface area contributed by atoms with E-state index in [1.165, 1.54) is 36.6 Å². The van der Waals surface area contributed by atoms with Crippen LogP contribution in [0.25, 0.3) is 16.6 Å². The van der Waals surface area contributed by atoms with Crippen molar-refractivity contribution in [3.8, 4) is 0 Å². The molecule has 0 unspecified atom stereocenters. The molecule has 7 heteroatoms. The van der Waals surface area contributed by atoms with Crippen LogP contribution in [0, 0.1) is 0 Å². The molecule has 0 bridgehead atoms. The van der Waals surface area contributed by atoms with Crippen molar-refractivity contribution >= 4 is 33.9 Å². The van der Waals surface area contributed by atoms with E-state index in [0.717, 1.165) is 47.8 Å². The van der Waals surface area contributed by atoms with Crippen LogP contribution in [-0.4, -0.2) is 42.6 Å². The standard InChI is InChI=1S/C21H28N6S/c1-3-11-22-21(28)26(18-7-5-6-8-18)14-17-13-16-12-15(4-2)9-10-19(16)27-20(17)23-24-25-27/h9-10,12-13,18H,3-8,11,14H2,1-2H3,(H,22,28). The van der Waals surface area contributed by atoms with Crippen molar-refractivity contribution in [3.63, 3.8) is 0 Å². The normalized spacial score (nSPS) is 14.8. The first-order valence-electron chi connectivity index (χ1n) is 10.4. The number of fused-ring (bicyclic) bond motifs is 3. The number of thiocarbonyl (C=S) groups is 1. The molecule has 2 aromatic heterocycles. The molecule has 1 saturated carbocycles. The molecule has 0 aliphatic heterocycles. The number of nitrogens with zero attached hydrogens (tertiary/aromatic N) is 5. The highest BCUT2D eigenvalue weighted by molar-refractivity contribution is 7.80. The molecule has 1 N–H and O–H groups in total. The van der Waals surface area contributed by atoms with Crippen LogP contribution in [0.2, 0.25) is 0 Å². The second-order valence-electron chi connectivity index (χ2n) is 7.63. The Morgan fingerprint density at radius 2 is 2.07 bits per heavy atom. The lowest BCUT2D eigenvalue weighted by molar-refractivity contribution is 0.304. The van der Waals surface area contributed by atoms with Gasteiger partial charge in [0.1, 0.15) is 0 Å². The quantitative estimate of drug-likeness (QED) is 0.639. The Morgan fingerprint density at radius 1 is 1.25 bits per heavy atom. The number of nitrogens with one attached hydrogen (secondary N) is 1. The summed E-state index contributed by atoms with van der Waals surface area (Å²) in [6.07, 6.45) is 7.02. The third-order valence-corrected chi connectivity index (χ3v) is 6.09. The van der Waals surface area contributed by atoms with Gasteiger partial charge in [0.2, 0.25) is 0 Å². The first-order valence-corrected chi connectivity index (χ1v) is 10.8. The highest BCUT2D eigenvalue weighted by Crippen LogP contribution is 2.27. The van der Waals surface area contributed by atoms with E-state index >= 15 is 0 Å². The summed E-state index contributed by atoms with van der Waals surface area (Å²) >= 11 is 5.77. The summed E-state index contributed by atoms with van der Waals surface area (Å²) in [4.78, 5) is 2.36. The summed E-state index contributed by atoms with van der Waals surface area (Å²) in [5.41, 5.74) is 4.30. The van der Waals surface area contributed by atoms with Gasteiger partial charge in [-0.15, -0.1) is 5.10 Å². The molecular weight excluding hydrogens is 368 g/mol. The van der Waals surface area contributed by atoms with E-state index in [1.54, 1.807) is 0 Å². The molecule has 0 radical (unpaired) electrons. The van der Waals surface area contributed by atoms with Gasteiger partial charge in [0.05, 0.1) is 5.52 Å². The average molecular weight is 397 g/mol. The first-order chi connectivity index (χ1) is 13.7. The van der Waals surface area contributed by atoms with Crippen molar-refractivity contribution in [2.45, 2.75) is 65.0 Å². The van der Waals surface area contributed by atoms with Crippen molar-refractivity contribution < 1.29 is 0 Å². The molecule has 1 aliphatic rings. The minimum atomic E-state index is 0.491. The number of tetrazole rings is 1. The molecule has 1 aromatic carbocycles. The van der Waals surface area contributed by atoms with Crippen LogP contribution in [0.15, 0.2) is 24.3 Å². The van der Waals surface area contributed by atoms with Gasteiger partial charge < -0.3 is 10.2 Å². The lowest BCUT2D eigenvalue weighted by Gasteiger charge is -2.32. The smallest absolute Gasteiger partial charge is 0.184 e. The van der Waals surface area contributed by atoms with Gasteiger partial charge in [-0.05, 0) is 72.1 Å². The highest BCUT2D eigenvalue weighted by Gasteiger charge is 2.26. The van der Waals surface area contributed by atoms with E-state index in [9.17, 15) is 0 Å². The van der Waals surface area contributed by atoms with Gasteiger partial charge in [-0.3, -0.25) is 0 Å². The van der Waals surface area contributed by atoms with Gasteiger partial charge in [0.25, 0.3) is 0 Å². The van der Waals surface area contributed by atoms with Crippen LogP contribution in [0.5, 0.6) is 0 Å². The van der Waals surface area contributed by atoms with Gasteiger partial charge in [-0.2, -0.15) is 4.52 Å². The number of aromatic nitrogens is 4. The SMILES string of the molecule is CCCNC(=S)N(Cc1cc2cc(CC)ccc2n2nnnc12)C1CCCC1. The molecule has 0 spiro atoms. The van der Waals surface area contributed by atoms with Gasteiger partial charge >= 0.3 is 0 Å². The van der Waals surface area contributed by atoms with E-state index in [0.29, 0.717) is 6.04 Å². The van der Waals surface area contributed by atoms with Crippen molar-refractivity contribution in [1.29, 1.82) is 0 Å². The van der Waals surface area contributed by atoms with E-state index in [2.05, 4.69) is 63.9 Å². The van der Waals surface area contributed by atoms with Gasteiger partial charge in [-0.1, -0.05) is 32.8 Å². The zero-order valence-corrected chi connectivity index (χ0v) is 17.5. The fourth-order valence-corrected chi connectivity index (χ4v) is 4.47. The number of hydrogen-bond donors (Lipinski definition) is 1. The summed E-state index contributed by atoms with van der Waals surface area (Å²) < 4.78 is 1.86. The largest absolute Gasteiger partial charge is 0.363 e. The monoisotopic (exact) mass is 396 g/mol. The summed E-state index contributed by atoms with van der Waals surface area (Å²) in [5.74, 6) is 0. The van der Waals surface area contributed by atoms with E-state index in [1.807, 2.05) is 4.52 Å². The van der Waals surface area contributed by atoms with Gasteiger partial charge in [0.15, 0.2) is 10.8 Å². The maximum atomic E-state index is 5.77. The highest BCUT2D eigenvalue weighted by atomic mass is 32.1. The summed E-state index contributed by atoms with van der Waals surface area (Å²) in [6.45, 7) is 5.98. The molecule has 1 fully saturated rings. The zero-order chi connectivity index (χ0) is 19.5. The van der Waals surface area contributed by atoms with Crippen molar-refractivity contribution in [2.24, 2.45) is 0 Å². The summed E-state index contributed by atoms with van der Waals surface area (Å²) in [7, 11) is 0. The molecule has 0 amide bonds. The minimum absolute atomic E-state index is 0.491. The molecule has 3 aromatic rings. The van der Waals surface area contributed by atoms with Crippen LogP contribution >= 0.6 is 12.2 Å². The molecule has 0 atom stereocenters.